The second kappa shape index (κ2) is 12.3. The van der Waals surface area contributed by atoms with Gasteiger partial charge in [-0.2, -0.15) is 13.2 Å². The van der Waals surface area contributed by atoms with Gasteiger partial charge in [0, 0.05) is 42.8 Å². The molecule has 2 fully saturated rings. The zero-order valence-electron chi connectivity index (χ0n) is 22.0. The molecule has 0 bridgehead atoms. The highest BCUT2D eigenvalue weighted by molar-refractivity contribution is 5.93. The largest absolute Gasteiger partial charge is 0.416 e. The lowest BCUT2D eigenvalue weighted by molar-refractivity contribution is -0.137. The maximum Gasteiger partial charge on any atom is 0.416 e. The average molecular weight is 557 g/mol. The van der Waals surface area contributed by atoms with Gasteiger partial charge < -0.3 is 4.90 Å². The Kier molecular flexibility index (Phi) is 8.66. The van der Waals surface area contributed by atoms with Crippen LogP contribution in [0.3, 0.4) is 0 Å². The molecular formula is C30H32F4N4O2. The van der Waals surface area contributed by atoms with Gasteiger partial charge in [-0.25, -0.2) is 9.87 Å². The Balaban J connectivity index is 1.26. The van der Waals surface area contributed by atoms with Crippen molar-refractivity contribution in [2.75, 3.05) is 24.5 Å². The van der Waals surface area contributed by atoms with Gasteiger partial charge in [0.15, 0.2) is 0 Å². The number of pyridine rings is 1. The minimum Gasteiger partial charge on any atom is -0.368 e. The second-order valence-electron chi connectivity index (χ2n) is 10.5. The second-order valence-corrected chi connectivity index (χ2v) is 10.5. The van der Waals surface area contributed by atoms with E-state index in [0.29, 0.717) is 30.9 Å². The van der Waals surface area contributed by atoms with Crippen LogP contribution < -0.4 is 10.4 Å². The molecular weight excluding hydrogens is 524 g/mol. The Morgan fingerprint density at radius 3 is 2.25 bits per heavy atom. The van der Waals surface area contributed by atoms with Crippen molar-refractivity contribution in [3.8, 4) is 0 Å². The zero-order chi connectivity index (χ0) is 28.1. The van der Waals surface area contributed by atoms with Gasteiger partial charge >= 0.3 is 6.18 Å². The van der Waals surface area contributed by atoms with Crippen LogP contribution in [0.1, 0.15) is 47.2 Å². The summed E-state index contributed by atoms with van der Waals surface area (Å²) in [6.45, 7) is 3.07. The van der Waals surface area contributed by atoms with Crippen LogP contribution in [0, 0.1) is 11.7 Å². The van der Waals surface area contributed by atoms with E-state index in [9.17, 15) is 22.4 Å². The predicted molar refractivity (Wildman–Crippen MR) is 143 cm³/mol. The number of hydrogen-bond acceptors (Lipinski definition) is 5. The zero-order valence-corrected chi connectivity index (χ0v) is 22.0. The van der Waals surface area contributed by atoms with E-state index in [0.717, 1.165) is 55.9 Å². The Bertz CT molecular complexity index is 1250. The molecule has 0 aliphatic carbocycles. The number of anilines is 1. The lowest BCUT2D eigenvalue weighted by Crippen LogP contribution is -2.52. The Hall–Kier alpha value is -3.50. The van der Waals surface area contributed by atoms with Crippen LogP contribution in [0.25, 0.3) is 0 Å². The third kappa shape index (κ3) is 6.98. The van der Waals surface area contributed by atoms with E-state index >= 15 is 0 Å². The van der Waals surface area contributed by atoms with Crippen molar-refractivity contribution >= 4 is 11.6 Å². The number of carbonyl (C=O) groups excluding carboxylic acids is 1. The molecule has 0 saturated carbocycles. The van der Waals surface area contributed by atoms with E-state index in [-0.39, 0.29) is 23.9 Å². The summed E-state index contributed by atoms with van der Waals surface area (Å²) in [7, 11) is 0. The minimum absolute atomic E-state index is 0.0429. The number of hydrogen-bond donors (Lipinski definition) is 1. The molecule has 2 aromatic carbocycles. The highest BCUT2D eigenvalue weighted by atomic mass is 19.4. The van der Waals surface area contributed by atoms with E-state index in [1.807, 2.05) is 0 Å². The molecule has 2 aliphatic rings. The number of carbonyl (C=O) groups is 1. The van der Waals surface area contributed by atoms with Crippen LogP contribution in [0.5, 0.6) is 0 Å². The monoisotopic (exact) mass is 556 g/mol. The normalized spacial score (nSPS) is 20.9. The first-order valence-corrected chi connectivity index (χ1v) is 13.5. The fourth-order valence-corrected chi connectivity index (χ4v) is 5.72. The molecule has 3 heterocycles. The summed E-state index contributed by atoms with van der Waals surface area (Å²) in [6.07, 6.45) is 1.56. The molecule has 10 heteroatoms. The smallest absolute Gasteiger partial charge is 0.368 e. The van der Waals surface area contributed by atoms with Gasteiger partial charge in [-0.1, -0.05) is 12.1 Å². The van der Waals surface area contributed by atoms with Crippen LogP contribution >= 0.6 is 0 Å². The first-order valence-electron chi connectivity index (χ1n) is 13.5. The number of halogens is 4. The maximum atomic E-state index is 13.3. The Labute approximate surface area is 230 Å². The molecule has 1 amide bonds. The summed E-state index contributed by atoms with van der Waals surface area (Å²) in [5, 5.41) is 0. The van der Waals surface area contributed by atoms with Crippen LogP contribution in [0.15, 0.2) is 73.1 Å². The number of nitrogens with zero attached hydrogens (tertiary/aromatic N) is 3. The van der Waals surface area contributed by atoms with Crippen molar-refractivity contribution in [1.82, 2.24) is 15.4 Å². The first kappa shape index (κ1) is 28.0. The summed E-state index contributed by atoms with van der Waals surface area (Å²) >= 11 is 0. The number of benzene rings is 2. The molecule has 2 atom stereocenters. The Morgan fingerprint density at radius 2 is 1.60 bits per heavy atom. The van der Waals surface area contributed by atoms with Crippen molar-refractivity contribution in [3.63, 3.8) is 0 Å². The van der Waals surface area contributed by atoms with Crippen molar-refractivity contribution in [3.05, 3.63) is 95.6 Å². The van der Waals surface area contributed by atoms with Gasteiger partial charge in [0.25, 0.3) is 5.91 Å². The van der Waals surface area contributed by atoms with Crippen molar-refractivity contribution in [1.29, 1.82) is 0 Å². The highest BCUT2D eigenvalue weighted by Gasteiger charge is 2.37. The SMILES string of the molecule is O=C(NOC1CCN(c2ccc(C(F)(F)F)cc2)C(C2CCN(Cc3ccc(F)cc3)CC2)C1)c1ccncc1. The number of piperidine rings is 2. The van der Waals surface area contributed by atoms with Gasteiger partial charge in [0.2, 0.25) is 0 Å². The van der Waals surface area contributed by atoms with E-state index in [4.69, 9.17) is 4.84 Å². The minimum atomic E-state index is -4.39. The molecule has 2 saturated heterocycles. The summed E-state index contributed by atoms with van der Waals surface area (Å²) in [6, 6.07) is 15.2. The van der Waals surface area contributed by atoms with Gasteiger partial charge in [0.05, 0.1) is 11.7 Å². The summed E-state index contributed by atoms with van der Waals surface area (Å²) in [4.78, 5) is 26.8. The fraction of sp³-hybridized carbons (Fsp3) is 0.400. The van der Waals surface area contributed by atoms with Crippen molar-refractivity contribution < 1.29 is 27.2 Å². The third-order valence-corrected chi connectivity index (χ3v) is 7.88. The summed E-state index contributed by atoms with van der Waals surface area (Å²) in [5.41, 5.74) is 4.16. The quantitative estimate of drug-likeness (QED) is 0.292. The van der Waals surface area contributed by atoms with Gasteiger partial charge in [0.1, 0.15) is 5.82 Å². The first-order chi connectivity index (χ1) is 19.3. The van der Waals surface area contributed by atoms with E-state index in [2.05, 4.69) is 20.3 Å². The molecule has 5 rings (SSSR count). The Morgan fingerprint density at radius 1 is 0.925 bits per heavy atom. The van der Waals surface area contributed by atoms with Crippen molar-refractivity contribution in [2.45, 2.75) is 50.6 Å². The average Bonchev–Trinajstić information content (AvgIpc) is 2.97. The predicted octanol–water partition coefficient (Wildman–Crippen LogP) is 5.85. The molecule has 40 heavy (non-hydrogen) atoms. The molecule has 212 valence electrons. The molecule has 3 aromatic rings. The molecule has 2 aliphatic heterocycles. The molecule has 0 spiro atoms. The number of alkyl halides is 3. The number of aromatic nitrogens is 1. The molecule has 1 aromatic heterocycles. The van der Waals surface area contributed by atoms with Crippen LogP contribution in [0.2, 0.25) is 0 Å². The third-order valence-electron chi connectivity index (χ3n) is 7.88. The van der Waals surface area contributed by atoms with Gasteiger partial charge in [-0.05, 0) is 98.8 Å². The number of hydroxylamine groups is 1. The highest BCUT2D eigenvalue weighted by Crippen LogP contribution is 2.36. The molecule has 1 N–H and O–H groups in total. The van der Waals surface area contributed by atoms with E-state index in [1.54, 1.807) is 36.4 Å². The summed E-state index contributed by atoms with van der Waals surface area (Å²) in [5.74, 6) is -0.302. The maximum absolute atomic E-state index is 13.3. The fourth-order valence-electron chi connectivity index (χ4n) is 5.72. The lowest BCUT2D eigenvalue weighted by atomic mass is 9.82. The van der Waals surface area contributed by atoms with Crippen LogP contribution in [-0.2, 0) is 17.6 Å². The topological polar surface area (TPSA) is 57.7 Å². The van der Waals surface area contributed by atoms with Gasteiger partial charge in [-0.3, -0.25) is 19.5 Å². The van der Waals surface area contributed by atoms with Crippen LogP contribution in [0.4, 0.5) is 23.2 Å². The molecule has 6 nitrogen and oxygen atoms in total. The number of rotatable bonds is 7. The number of amides is 1. The molecule has 2 unspecified atom stereocenters. The van der Waals surface area contributed by atoms with Crippen molar-refractivity contribution in [2.24, 2.45) is 5.92 Å². The number of likely N-dealkylation sites (tertiary alicyclic amines) is 1. The number of nitrogens with one attached hydrogen (secondary N) is 1. The van der Waals surface area contributed by atoms with E-state index in [1.165, 1.54) is 24.5 Å². The van der Waals surface area contributed by atoms with E-state index < -0.39 is 11.7 Å². The standard InChI is InChI=1S/C30H32F4N4O2/c31-25-5-1-21(2-6-25)20-37-16-11-22(12-17-37)28-19-27(40-36-29(39)23-9-14-35-15-10-23)13-18-38(28)26-7-3-24(4-8-26)30(32,33)34/h1-10,14-15,22,27-28H,11-13,16-20H2,(H,36,39). The molecule has 0 radical (unpaired) electrons. The van der Waals surface area contributed by atoms with Crippen LogP contribution in [-0.4, -0.2) is 47.6 Å². The van der Waals surface area contributed by atoms with Gasteiger partial charge in [-0.15, -0.1) is 0 Å². The lowest BCUT2D eigenvalue weighted by Gasteiger charge is -2.46. The summed E-state index contributed by atoms with van der Waals surface area (Å²) < 4.78 is 52.8.